The molecule has 2 aromatic rings. The topological polar surface area (TPSA) is 58.2 Å². The van der Waals surface area contributed by atoms with Gasteiger partial charge in [0.1, 0.15) is 0 Å². The van der Waals surface area contributed by atoms with Gasteiger partial charge in [-0.2, -0.15) is 0 Å². The fourth-order valence-corrected chi connectivity index (χ4v) is 3.36. The Labute approximate surface area is 141 Å². The van der Waals surface area contributed by atoms with Crippen molar-refractivity contribution in [2.24, 2.45) is 0 Å². The van der Waals surface area contributed by atoms with E-state index in [2.05, 4.69) is 10.6 Å². The molecular weight excluding hydrogens is 343 g/mol. The molecule has 2 N–H and O–H groups in total. The molecule has 0 aliphatic carbocycles. The number of carbonyl (C=O) groups is 2. The minimum absolute atomic E-state index is 0.0531. The Kier molecular flexibility index (Phi) is 4.29. The summed E-state index contributed by atoms with van der Waals surface area (Å²) < 4.78 is 0. The first-order chi connectivity index (χ1) is 10.5. The molecule has 0 bridgehead atoms. The van der Waals surface area contributed by atoms with Crippen LogP contribution < -0.4 is 10.6 Å². The van der Waals surface area contributed by atoms with Gasteiger partial charge < -0.3 is 10.6 Å². The van der Waals surface area contributed by atoms with Gasteiger partial charge >= 0.3 is 0 Å². The molecule has 0 unspecified atom stereocenters. The van der Waals surface area contributed by atoms with Crippen molar-refractivity contribution in [2.45, 2.75) is 4.90 Å². The summed E-state index contributed by atoms with van der Waals surface area (Å²) in [5.41, 5.74) is 1.65. The molecule has 7 heteroatoms. The first-order valence-corrected chi connectivity index (χ1v) is 8.09. The molecule has 2 aromatic carbocycles. The van der Waals surface area contributed by atoms with E-state index in [9.17, 15) is 9.59 Å². The van der Waals surface area contributed by atoms with Crippen LogP contribution in [0.25, 0.3) is 0 Å². The molecule has 22 heavy (non-hydrogen) atoms. The van der Waals surface area contributed by atoms with Crippen LogP contribution in [0.3, 0.4) is 0 Å². The van der Waals surface area contributed by atoms with E-state index in [1.165, 1.54) is 11.8 Å². The van der Waals surface area contributed by atoms with Gasteiger partial charge in [0.2, 0.25) is 5.91 Å². The van der Waals surface area contributed by atoms with E-state index in [0.29, 0.717) is 32.7 Å². The number of anilines is 2. The molecule has 4 nitrogen and oxygen atoms in total. The molecule has 0 fully saturated rings. The number of nitrogens with one attached hydrogen (secondary N) is 2. The lowest BCUT2D eigenvalue weighted by Crippen LogP contribution is -2.19. The maximum absolute atomic E-state index is 12.2. The van der Waals surface area contributed by atoms with Crippen molar-refractivity contribution in [1.82, 2.24) is 0 Å². The van der Waals surface area contributed by atoms with Crippen molar-refractivity contribution in [3.63, 3.8) is 0 Å². The Morgan fingerprint density at radius 2 is 1.86 bits per heavy atom. The molecule has 0 aromatic heterocycles. The zero-order valence-electron chi connectivity index (χ0n) is 11.2. The molecule has 3 rings (SSSR count). The second kappa shape index (κ2) is 6.20. The lowest BCUT2D eigenvalue weighted by Gasteiger charge is -2.17. The molecule has 1 aliphatic heterocycles. The lowest BCUT2D eigenvalue weighted by atomic mass is 10.2. The molecule has 0 atom stereocenters. The van der Waals surface area contributed by atoms with E-state index in [1.54, 1.807) is 30.3 Å². The molecule has 0 radical (unpaired) electrons. The van der Waals surface area contributed by atoms with E-state index >= 15 is 0 Å². The van der Waals surface area contributed by atoms with Crippen LogP contribution in [0.1, 0.15) is 10.4 Å². The number of thioether (sulfide) groups is 1. The minimum atomic E-state index is -0.320. The van der Waals surface area contributed by atoms with Crippen molar-refractivity contribution in [1.29, 1.82) is 0 Å². The third kappa shape index (κ3) is 3.38. The highest BCUT2D eigenvalue weighted by atomic mass is 35.5. The fourth-order valence-electron chi connectivity index (χ4n) is 2.05. The predicted molar refractivity (Wildman–Crippen MR) is 90.2 cm³/mol. The second-order valence-corrected chi connectivity index (χ2v) is 6.55. The maximum atomic E-state index is 12.2. The van der Waals surface area contributed by atoms with E-state index in [0.717, 1.165) is 4.90 Å². The van der Waals surface area contributed by atoms with Crippen LogP contribution >= 0.6 is 35.0 Å². The summed E-state index contributed by atoms with van der Waals surface area (Å²) in [6, 6.07) is 10.0. The van der Waals surface area contributed by atoms with Crippen molar-refractivity contribution in [3.05, 3.63) is 52.0 Å². The number of rotatable bonds is 2. The van der Waals surface area contributed by atoms with Crippen molar-refractivity contribution in [3.8, 4) is 0 Å². The third-order valence-electron chi connectivity index (χ3n) is 3.00. The summed E-state index contributed by atoms with van der Waals surface area (Å²) in [4.78, 5) is 24.6. The van der Waals surface area contributed by atoms with Crippen molar-refractivity contribution in [2.75, 3.05) is 16.4 Å². The predicted octanol–water partition coefficient (Wildman–Crippen LogP) is 4.29. The highest BCUT2D eigenvalue weighted by Gasteiger charge is 2.16. The third-order valence-corrected chi connectivity index (χ3v) is 4.50. The van der Waals surface area contributed by atoms with Gasteiger partial charge in [-0.3, -0.25) is 9.59 Å². The molecule has 0 saturated carbocycles. The first-order valence-electron chi connectivity index (χ1n) is 6.35. The van der Waals surface area contributed by atoms with Gasteiger partial charge in [-0.15, -0.1) is 11.8 Å². The van der Waals surface area contributed by atoms with Gasteiger partial charge in [0.15, 0.2) is 0 Å². The SMILES string of the molecule is O=C1CSc2ccc(NC(=O)c3cc(Cl)cc(Cl)c3)cc2N1. The number of fused-ring (bicyclic) bond motifs is 1. The summed E-state index contributed by atoms with van der Waals surface area (Å²) in [6.07, 6.45) is 0. The molecule has 1 aliphatic rings. The molecule has 112 valence electrons. The van der Waals surface area contributed by atoms with Gasteiger partial charge in [-0.05, 0) is 36.4 Å². The summed E-state index contributed by atoms with van der Waals surface area (Å²) in [5, 5.41) is 6.33. The Balaban J connectivity index is 1.82. The number of amides is 2. The van der Waals surface area contributed by atoms with Crippen LogP contribution in [0.5, 0.6) is 0 Å². The molecule has 0 saturated heterocycles. The number of benzene rings is 2. The van der Waals surface area contributed by atoms with Gasteiger partial charge in [0.25, 0.3) is 5.91 Å². The van der Waals surface area contributed by atoms with E-state index in [4.69, 9.17) is 23.2 Å². The van der Waals surface area contributed by atoms with Gasteiger partial charge in [0, 0.05) is 26.2 Å². The zero-order valence-corrected chi connectivity index (χ0v) is 13.5. The average molecular weight is 353 g/mol. The van der Waals surface area contributed by atoms with E-state index < -0.39 is 0 Å². The average Bonchev–Trinajstić information content (AvgIpc) is 2.45. The van der Waals surface area contributed by atoms with Crippen molar-refractivity contribution >= 4 is 58.2 Å². The zero-order chi connectivity index (χ0) is 15.7. The summed E-state index contributed by atoms with van der Waals surface area (Å²) in [7, 11) is 0. The number of hydrogen-bond donors (Lipinski definition) is 2. The number of halogens is 2. The highest BCUT2D eigenvalue weighted by Crippen LogP contribution is 2.33. The van der Waals surface area contributed by atoms with Crippen LogP contribution in [0.15, 0.2) is 41.3 Å². The van der Waals surface area contributed by atoms with Crippen molar-refractivity contribution < 1.29 is 9.59 Å². The van der Waals surface area contributed by atoms with E-state index in [1.807, 2.05) is 6.07 Å². The number of carbonyl (C=O) groups excluding carboxylic acids is 2. The van der Waals surface area contributed by atoms with Crippen LogP contribution in [0.4, 0.5) is 11.4 Å². The molecule has 1 heterocycles. The smallest absolute Gasteiger partial charge is 0.255 e. The normalized spacial score (nSPS) is 13.3. The van der Waals surface area contributed by atoms with Crippen LogP contribution in [0, 0.1) is 0 Å². The van der Waals surface area contributed by atoms with Gasteiger partial charge in [-0.1, -0.05) is 23.2 Å². The Morgan fingerprint density at radius 1 is 1.14 bits per heavy atom. The summed E-state index contributed by atoms with van der Waals surface area (Å²) >= 11 is 13.3. The monoisotopic (exact) mass is 352 g/mol. The maximum Gasteiger partial charge on any atom is 0.255 e. The largest absolute Gasteiger partial charge is 0.324 e. The highest BCUT2D eigenvalue weighted by molar-refractivity contribution is 8.00. The first kappa shape index (κ1) is 15.2. The Hall–Kier alpha value is -1.69. The van der Waals surface area contributed by atoms with Crippen LogP contribution in [-0.4, -0.2) is 17.6 Å². The summed E-state index contributed by atoms with van der Waals surface area (Å²) in [5.74, 6) is 0.0291. The quantitative estimate of drug-likeness (QED) is 0.847. The van der Waals surface area contributed by atoms with Gasteiger partial charge in [0.05, 0.1) is 11.4 Å². The fraction of sp³-hybridized carbons (Fsp3) is 0.0667. The van der Waals surface area contributed by atoms with Crippen LogP contribution in [0.2, 0.25) is 10.0 Å². The van der Waals surface area contributed by atoms with Gasteiger partial charge in [-0.25, -0.2) is 0 Å². The molecule has 2 amide bonds. The Bertz CT molecular complexity index is 760. The minimum Gasteiger partial charge on any atom is -0.324 e. The van der Waals surface area contributed by atoms with E-state index in [-0.39, 0.29) is 11.8 Å². The summed E-state index contributed by atoms with van der Waals surface area (Å²) in [6.45, 7) is 0. The lowest BCUT2D eigenvalue weighted by molar-refractivity contribution is -0.113. The number of hydrogen-bond acceptors (Lipinski definition) is 3. The van der Waals surface area contributed by atoms with Crippen LogP contribution in [-0.2, 0) is 4.79 Å². The molecular formula is C15H10Cl2N2O2S. The second-order valence-electron chi connectivity index (χ2n) is 4.66. The Morgan fingerprint density at radius 3 is 2.59 bits per heavy atom. The molecule has 0 spiro atoms. The standard InChI is InChI=1S/C15H10Cl2N2O2S/c16-9-3-8(4-10(17)5-9)15(21)18-11-1-2-13-12(6-11)19-14(20)7-22-13/h1-6H,7H2,(H,18,21)(H,19,20).